The zero-order valence-corrected chi connectivity index (χ0v) is 17.0. The Hall–Kier alpha value is -2.62. The fourth-order valence-electron chi connectivity index (χ4n) is 3.48. The van der Waals surface area contributed by atoms with Gasteiger partial charge in [0, 0.05) is 26.2 Å². The second-order valence-electron chi connectivity index (χ2n) is 6.83. The van der Waals surface area contributed by atoms with Gasteiger partial charge >= 0.3 is 5.76 Å². The van der Waals surface area contributed by atoms with E-state index < -0.39 is 15.8 Å². The molecule has 1 aliphatic rings. The molecular formula is C20H23N3O5S. The van der Waals surface area contributed by atoms with Crippen LogP contribution in [-0.2, 0) is 16.7 Å². The van der Waals surface area contributed by atoms with Crippen LogP contribution in [-0.4, -0.2) is 55.0 Å². The SMILES string of the molecule is CCOc1ccc(S(=O)(=O)N2CCN(Cn3c(=O)oc4ccccc43)CC2)cc1. The van der Waals surface area contributed by atoms with E-state index in [4.69, 9.17) is 9.15 Å². The third kappa shape index (κ3) is 3.93. The van der Waals surface area contributed by atoms with Crippen LogP contribution >= 0.6 is 0 Å². The Labute approximate surface area is 168 Å². The molecule has 1 aliphatic heterocycles. The Morgan fingerprint density at radius 2 is 1.69 bits per heavy atom. The van der Waals surface area contributed by atoms with E-state index in [9.17, 15) is 13.2 Å². The fourth-order valence-corrected chi connectivity index (χ4v) is 4.90. The lowest BCUT2D eigenvalue weighted by molar-refractivity contribution is 0.150. The first-order chi connectivity index (χ1) is 14.0. The van der Waals surface area contributed by atoms with Crippen molar-refractivity contribution in [2.75, 3.05) is 32.8 Å². The van der Waals surface area contributed by atoms with E-state index in [0.29, 0.717) is 50.8 Å². The lowest BCUT2D eigenvalue weighted by Crippen LogP contribution is -2.49. The Morgan fingerprint density at radius 1 is 1.00 bits per heavy atom. The maximum Gasteiger partial charge on any atom is 0.421 e. The zero-order chi connectivity index (χ0) is 20.4. The predicted octanol–water partition coefficient (Wildman–Crippen LogP) is 1.96. The average molecular weight is 417 g/mol. The summed E-state index contributed by atoms with van der Waals surface area (Å²) in [6.45, 7) is 4.56. The van der Waals surface area contributed by atoms with Gasteiger partial charge in [0.25, 0.3) is 0 Å². The highest BCUT2D eigenvalue weighted by Gasteiger charge is 2.29. The van der Waals surface area contributed by atoms with E-state index in [-0.39, 0.29) is 4.90 Å². The molecule has 2 aromatic carbocycles. The van der Waals surface area contributed by atoms with Gasteiger partial charge in [0.15, 0.2) is 5.58 Å². The first-order valence-corrected chi connectivity index (χ1v) is 11.0. The molecule has 0 aliphatic carbocycles. The standard InChI is InChI=1S/C20H23N3O5S/c1-2-27-16-7-9-17(10-8-16)29(25,26)22-13-11-21(12-14-22)15-23-18-5-3-4-6-19(18)28-20(23)24/h3-10H,2,11-15H2,1H3. The smallest absolute Gasteiger partial charge is 0.421 e. The normalized spacial score (nSPS) is 16.3. The van der Waals surface area contributed by atoms with Gasteiger partial charge in [-0.05, 0) is 43.3 Å². The summed E-state index contributed by atoms with van der Waals surface area (Å²) in [7, 11) is -3.56. The first-order valence-electron chi connectivity index (χ1n) is 9.53. The van der Waals surface area contributed by atoms with Gasteiger partial charge in [0.2, 0.25) is 10.0 Å². The number of ether oxygens (including phenoxy) is 1. The molecule has 1 saturated heterocycles. The molecular weight excluding hydrogens is 394 g/mol. The van der Waals surface area contributed by atoms with Gasteiger partial charge in [-0.1, -0.05) is 12.1 Å². The van der Waals surface area contributed by atoms with E-state index in [1.807, 2.05) is 30.0 Å². The van der Waals surface area contributed by atoms with Crippen molar-refractivity contribution in [3.05, 3.63) is 59.1 Å². The molecule has 0 bridgehead atoms. The van der Waals surface area contributed by atoms with Gasteiger partial charge in [-0.3, -0.25) is 9.47 Å². The highest BCUT2D eigenvalue weighted by atomic mass is 32.2. The highest BCUT2D eigenvalue weighted by Crippen LogP contribution is 2.21. The van der Waals surface area contributed by atoms with E-state index in [1.165, 1.54) is 4.31 Å². The van der Waals surface area contributed by atoms with Crippen LogP contribution in [0.1, 0.15) is 6.92 Å². The molecule has 0 saturated carbocycles. The Kier molecular flexibility index (Phi) is 5.44. The topological polar surface area (TPSA) is 85.0 Å². The molecule has 1 aromatic heterocycles. The minimum absolute atomic E-state index is 0.256. The van der Waals surface area contributed by atoms with E-state index in [1.54, 1.807) is 34.9 Å². The highest BCUT2D eigenvalue weighted by molar-refractivity contribution is 7.89. The number of benzene rings is 2. The third-order valence-corrected chi connectivity index (χ3v) is 6.93. The van der Waals surface area contributed by atoms with Crippen LogP contribution in [0.15, 0.2) is 62.6 Å². The van der Waals surface area contributed by atoms with Crippen molar-refractivity contribution >= 4 is 21.1 Å². The van der Waals surface area contributed by atoms with Crippen molar-refractivity contribution in [2.24, 2.45) is 0 Å². The number of rotatable bonds is 6. The quantitative estimate of drug-likeness (QED) is 0.610. The molecule has 0 atom stereocenters. The summed E-state index contributed by atoms with van der Waals surface area (Å²) in [5, 5.41) is 0. The molecule has 0 spiro atoms. The minimum Gasteiger partial charge on any atom is -0.494 e. The van der Waals surface area contributed by atoms with Crippen molar-refractivity contribution < 1.29 is 17.6 Å². The molecule has 0 unspecified atom stereocenters. The molecule has 0 amide bonds. The molecule has 0 radical (unpaired) electrons. The van der Waals surface area contributed by atoms with Crippen molar-refractivity contribution in [3.8, 4) is 5.75 Å². The van der Waals surface area contributed by atoms with Gasteiger partial charge in [-0.15, -0.1) is 0 Å². The number of nitrogens with zero attached hydrogens (tertiary/aromatic N) is 3. The predicted molar refractivity (Wildman–Crippen MR) is 108 cm³/mol. The summed E-state index contributed by atoms with van der Waals surface area (Å²) < 4.78 is 39.5. The molecule has 4 rings (SSSR count). The number of hydrogen-bond donors (Lipinski definition) is 0. The minimum atomic E-state index is -3.56. The van der Waals surface area contributed by atoms with Crippen LogP contribution in [0.4, 0.5) is 0 Å². The van der Waals surface area contributed by atoms with Crippen molar-refractivity contribution in [2.45, 2.75) is 18.5 Å². The Bertz CT molecular complexity index is 1140. The summed E-state index contributed by atoms with van der Waals surface area (Å²) in [5.41, 5.74) is 1.29. The Morgan fingerprint density at radius 3 is 2.38 bits per heavy atom. The summed E-state index contributed by atoms with van der Waals surface area (Å²) >= 11 is 0. The summed E-state index contributed by atoms with van der Waals surface area (Å²) in [4.78, 5) is 14.5. The molecule has 0 N–H and O–H groups in total. The molecule has 29 heavy (non-hydrogen) atoms. The number of oxazole rings is 1. The average Bonchev–Trinajstić information content (AvgIpc) is 3.04. The van der Waals surface area contributed by atoms with Crippen LogP contribution in [0.2, 0.25) is 0 Å². The molecule has 2 heterocycles. The zero-order valence-electron chi connectivity index (χ0n) is 16.2. The van der Waals surface area contributed by atoms with E-state index in [0.717, 1.165) is 5.52 Å². The van der Waals surface area contributed by atoms with Crippen molar-refractivity contribution in [3.63, 3.8) is 0 Å². The first kappa shape index (κ1) is 19.7. The number of piperazine rings is 1. The molecule has 8 nitrogen and oxygen atoms in total. The van der Waals surface area contributed by atoms with Crippen LogP contribution < -0.4 is 10.5 Å². The van der Waals surface area contributed by atoms with Gasteiger partial charge in [0.1, 0.15) is 5.75 Å². The fraction of sp³-hybridized carbons (Fsp3) is 0.350. The lowest BCUT2D eigenvalue weighted by Gasteiger charge is -2.33. The summed E-state index contributed by atoms with van der Waals surface area (Å²) in [5.74, 6) is 0.240. The lowest BCUT2D eigenvalue weighted by atomic mass is 10.3. The molecule has 3 aromatic rings. The monoisotopic (exact) mass is 417 g/mol. The second kappa shape index (κ2) is 8.02. The molecule has 1 fully saturated rings. The van der Waals surface area contributed by atoms with Gasteiger partial charge in [-0.2, -0.15) is 4.31 Å². The van der Waals surface area contributed by atoms with Gasteiger partial charge in [0.05, 0.1) is 23.7 Å². The van der Waals surface area contributed by atoms with Crippen molar-refractivity contribution in [1.82, 2.24) is 13.8 Å². The van der Waals surface area contributed by atoms with Crippen LogP contribution in [0.25, 0.3) is 11.1 Å². The maximum absolute atomic E-state index is 12.9. The van der Waals surface area contributed by atoms with Crippen LogP contribution in [0.3, 0.4) is 0 Å². The van der Waals surface area contributed by atoms with Crippen LogP contribution in [0.5, 0.6) is 5.75 Å². The second-order valence-corrected chi connectivity index (χ2v) is 8.77. The largest absolute Gasteiger partial charge is 0.494 e. The number of fused-ring (bicyclic) bond motifs is 1. The van der Waals surface area contributed by atoms with Gasteiger partial charge in [-0.25, -0.2) is 13.2 Å². The van der Waals surface area contributed by atoms with Crippen molar-refractivity contribution in [1.29, 1.82) is 0 Å². The summed E-state index contributed by atoms with van der Waals surface area (Å²) in [6.07, 6.45) is 0. The number of hydrogen-bond acceptors (Lipinski definition) is 6. The summed E-state index contributed by atoms with van der Waals surface area (Å²) in [6, 6.07) is 13.8. The maximum atomic E-state index is 12.9. The van der Waals surface area contributed by atoms with Crippen LogP contribution in [0, 0.1) is 0 Å². The Balaban J connectivity index is 1.43. The number of aromatic nitrogens is 1. The third-order valence-electron chi connectivity index (χ3n) is 5.02. The molecule has 9 heteroatoms. The van der Waals surface area contributed by atoms with E-state index in [2.05, 4.69) is 0 Å². The van der Waals surface area contributed by atoms with E-state index >= 15 is 0 Å². The number of sulfonamides is 1. The van der Waals surface area contributed by atoms with Gasteiger partial charge < -0.3 is 9.15 Å². The molecule has 154 valence electrons. The number of para-hydroxylation sites is 2.